The van der Waals surface area contributed by atoms with E-state index in [1.54, 1.807) is 0 Å². The van der Waals surface area contributed by atoms with Gasteiger partial charge in [0.15, 0.2) is 0 Å². The lowest BCUT2D eigenvalue weighted by Crippen LogP contribution is -2.47. The van der Waals surface area contributed by atoms with Crippen LogP contribution < -0.4 is 5.32 Å². The Morgan fingerprint density at radius 3 is 2.56 bits per heavy atom. The molecule has 3 nitrogen and oxygen atoms in total. The Balaban J connectivity index is 1.49. The maximum Gasteiger partial charge on any atom is 0.0604 e. The number of nitrogens with zero attached hydrogens (tertiary/aromatic N) is 1. The van der Waals surface area contributed by atoms with Crippen molar-refractivity contribution in [2.75, 3.05) is 26.2 Å². The van der Waals surface area contributed by atoms with Crippen molar-refractivity contribution in [1.82, 2.24) is 10.2 Å². The first-order valence-electron chi connectivity index (χ1n) is 6.92. The third-order valence-corrected chi connectivity index (χ3v) is 3.80. The minimum absolute atomic E-state index is 0.535. The Morgan fingerprint density at radius 2 is 2.00 bits per heavy atom. The van der Waals surface area contributed by atoms with Crippen molar-refractivity contribution >= 4 is 0 Å². The van der Waals surface area contributed by atoms with Crippen LogP contribution in [-0.2, 0) is 4.74 Å². The molecule has 3 heteroatoms. The lowest BCUT2D eigenvalue weighted by Gasteiger charge is -2.36. The Labute approximate surface area is 99.5 Å². The normalized spacial score (nSPS) is 29.4. The summed E-state index contributed by atoms with van der Waals surface area (Å²) in [6, 6.07) is 1.62. The summed E-state index contributed by atoms with van der Waals surface area (Å²) >= 11 is 0. The molecule has 0 amide bonds. The quantitative estimate of drug-likeness (QED) is 0.681. The first-order chi connectivity index (χ1) is 7.83. The van der Waals surface area contributed by atoms with Crippen molar-refractivity contribution < 1.29 is 4.74 Å². The average Bonchev–Trinajstić information content (AvgIpc) is 3.04. The van der Waals surface area contributed by atoms with Gasteiger partial charge in [-0.2, -0.15) is 0 Å². The summed E-state index contributed by atoms with van der Waals surface area (Å²) < 4.78 is 5.55. The molecule has 16 heavy (non-hydrogen) atoms. The van der Waals surface area contributed by atoms with Gasteiger partial charge >= 0.3 is 0 Å². The standard InChI is InChI=1S/C13H26N2O/c1-3-15(12-5-6-12)8-7-14-11-9-13(10-11)16-4-2/h11-14H,3-10H2,1-2H3. The highest BCUT2D eigenvalue weighted by atomic mass is 16.5. The monoisotopic (exact) mass is 226 g/mol. The average molecular weight is 226 g/mol. The van der Waals surface area contributed by atoms with Gasteiger partial charge < -0.3 is 10.1 Å². The molecular formula is C13H26N2O. The number of likely N-dealkylation sites (N-methyl/N-ethyl adjacent to an activating group) is 1. The Hall–Kier alpha value is -0.120. The lowest BCUT2D eigenvalue weighted by molar-refractivity contribution is -0.0101. The molecule has 0 heterocycles. The summed E-state index contributed by atoms with van der Waals surface area (Å²) in [4.78, 5) is 2.60. The summed E-state index contributed by atoms with van der Waals surface area (Å²) in [5, 5.41) is 3.63. The third-order valence-electron chi connectivity index (χ3n) is 3.80. The van der Waals surface area contributed by atoms with E-state index in [2.05, 4.69) is 24.1 Å². The van der Waals surface area contributed by atoms with E-state index in [1.165, 1.54) is 38.8 Å². The van der Waals surface area contributed by atoms with Gasteiger partial charge in [0.2, 0.25) is 0 Å². The van der Waals surface area contributed by atoms with Crippen LogP contribution in [0.4, 0.5) is 0 Å². The predicted molar refractivity (Wildman–Crippen MR) is 66.7 cm³/mol. The summed E-state index contributed by atoms with van der Waals surface area (Å²) in [7, 11) is 0. The first-order valence-corrected chi connectivity index (χ1v) is 6.92. The van der Waals surface area contributed by atoms with Crippen molar-refractivity contribution in [2.45, 2.75) is 57.7 Å². The number of hydrogen-bond donors (Lipinski definition) is 1. The molecule has 2 fully saturated rings. The molecule has 0 saturated heterocycles. The highest BCUT2D eigenvalue weighted by Gasteiger charge is 2.30. The van der Waals surface area contributed by atoms with E-state index in [-0.39, 0.29) is 0 Å². The van der Waals surface area contributed by atoms with Crippen molar-refractivity contribution in [3.63, 3.8) is 0 Å². The second kappa shape index (κ2) is 5.99. The molecule has 0 unspecified atom stereocenters. The first kappa shape index (κ1) is 12.3. The molecule has 0 spiro atoms. The zero-order valence-corrected chi connectivity index (χ0v) is 10.7. The number of ether oxygens (including phenoxy) is 1. The molecule has 2 aliphatic carbocycles. The van der Waals surface area contributed by atoms with E-state index < -0.39 is 0 Å². The summed E-state index contributed by atoms with van der Waals surface area (Å²) in [5.74, 6) is 0. The summed E-state index contributed by atoms with van der Waals surface area (Å²) in [5.41, 5.74) is 0. The Morgan fingerprint density at radius 1 is 1.25 bits per heavy atom. The maximum absolute atomic E-state index is 5.55. The van der Waals surface area contributed by atoms with Gasteiger partial charge in [0.05, 0.1) is 6.10 Å². The highest BCUT2D eigenvalue weighted by molar-refractivity contribution is 4.87. The number of nitrogens with one attached hydrogen (secondary N) is 1. The van der Waals surface area contributed by atoms with E-state index in [1.807, 2.05) is 0 Å². The van der Waals surface area contributed by atoms with Crippen LogP contribution in [0, 0.1) is 0 Å². The molecule has 0 aromatic heterocycles. The van der Waals surface area contributed by atoms with Crippen LogP contribution in [0.2, 0.25) is 0 Å². The minimum atomic E-state index is 0.535. The van der Waals surface area contributed by atoms with Crippen LogP contribution in [0.1, 0.15) is 39.5 Å². The van der Waals surface area contributed by atoms with E-state index in [0.29, 0.717) is 6.10 Å². The second-order valence-corrected chi connectivity index (χ2v) is 5.06. The maximum atomic E-state index is 5.55. The molecule has 0 aromatic rings. The lowest BCUT2D eigenvalue weighted by atomic mass is 9.89. The molecule has 2 saturated carbocycles. The summed E-state index contributed by atoms with van der Waals surface area (Å²) in [6.45, 7) is 8.79. The predicted octanol–water partition coefficient (Wildman–Crippen LogP) is 1.63. The van der Waals surface area contributed by atoms with Gasteiger partial charge in [0, 0.05) is 31.8 Å². The Bertz CT molecular complexity index is 200. The van der Waals surface area contributed by atoms with Crippen LogP contribution in [0.5, 0.6) is 0 Å². The van der Waals surface area contributed by atoms with Crippen LogP contribution >= 0.6 is 0 Å². The topological polar surface area (TPSA) is 24.5 Å². The van der Waals surface area contributed by atoms with E-state index in [4.69, 9.17) is 4.74 Å². The smallest absolute Gasteiger partial charge is 0.0604 e. The van der Waals surface area contributed by atoms with Gasteiger partial charge in [-0.3, -0.25) is 4.90 Å². The zero-order chi connectivity index (χ0) is 11.4. The molecule has 1 N–H and O–H groups in total. The summed E-state index contributed by atoms with van der Waals surface area (Å²) in [6.07, 6.45) is 5.80. The molecule has 2 rings (SSSR count). The fourth-order valence-electron chi connectivity index (χ4n) is 2.55. The van der Waals surface area contributed by atoms with Crippen LogP contribution in [0.3, 0.4) is 0 Å². The molecule has 0 radical (unpaired) electrons. The number of rotatable bonds is 8. The van der Waals surface area contributed by atoms with Gasteiger partial charge in [-0.15, -0.1) is 0 Å². The fourth-order valence-corrected chi connectivity index (χ4v) is 2.55. The molecule has 0 aliphatic heterocycles. The van der Waals surface area contributed by atoms with Crippen molar-refractivity contribution in [2.24, 2.45) is 0 Å². The van der Waals surface area contributed by atoms with Crippen LogP contribution in [-0.4, -0.2) is 49.3 Å². The van der Waals surface area contributed by atoms with Crippen molar-refractivity contribution in [3.05, 3.63) is 0 Å². The van der Waals surface area contributed by atoms with E-state index in [0.717, 1.165) is 25.2 Å². The van der Waals surface area contributed by atoms with E-state index in [9.17, 15) is 0 Å². The molecule has 94 valence electrons. The molecule has 0 bridgehead atoms. The molecule has 2 aliphatic rings. The van der Waals surface area contributed by atoms with Gasteiger partial charge in [-0.1, -0.05) is 6.92 Å². The van der Waals surface area contributed by atoms with Crippen LogP contribution in [0.25, 0.3) is 0 Å². The fraction of sp³-hybridized carbons (Fsp3) is 1.00. The van der Waals surface area contributed by atoms with Gasteiger partial charge in [0.1, 0.15) is 0 Å². The van der Waals surface area contributed by atoms with Gasteiger partial charge in [0.25, 0.3) is 0 Å². The van der Waals surface area contributed by atoms with Crippen molar-refractivity contribution in [1.29, 1.82) is 0 Å². The molecular weight excluding hydrogens is 200 g/mol. The van der Waals surface area contributed by atoms with Gasteiger partial charge in [-0.05, 0) is 39.2 Å². The Kier molecular flexibility index (Phi) is 4.62. The SMILES string of the molecule is CCOC1CC(NCCN(CC)C2CC2)C1. The minimum Gasteiger partial charge on any atom is -0.378 e. The molecule has 0 atom stereocenters. The van der Waals surface area contributed by atoms with Crippen LogP contribution in [0.15, 0.2) is 0 Å². The van der Waals surface area contributed by atoms with Gasteiger partial charge in [-0.25, -0.2) is 0 Å². The highest BCUT2D eigenvalue weighted by Crippen LogP contribution is 2.26. The second-order valence-electron chi connectivity index (χ2n) is 5.06. The molecule has 0 aromatic carbocycles. The van der Waals surface area contributed by atoms with Crippen molar-refractivity contribution in [3.8, 4) is 0 Å². The third kappa shape index (κ3) is 3.44. The largest absolute Gasteiger partial charge is 0.378 e. The number of hydrogen-bond acceptors (Lipinski definition) is 3. The zero-order valence-electron chi connectivity index (χ0n) is 10.7. The van der Waals surface area contributed by atoms with E-state index >= 15 is 0 Å².